The minimum Gasteiger partial charge on any atom is -0.449 e. The molecule has 4 nitrogen and oxygen atoms in total. The van der Waals surface area contributed by atoms with Gasteiger partial charge in [0.1, 0.15) is 0 Å². The Kier molecular flexibility index (Phi) is 9.08. The van der Waals surface area contributed by atoms with Crippen molar-refractivity contribution >= 4 is 24.7 Å². The van der Waals surface area contributed by atoms with E-state index >= 15 is 0 Å². The van der Waals surface area contributed by atoms with E-state index in [1.165, 1.54) is 10.4 Å². The second-order valence-electron chi connectivity index (χ2n) is 10.5. The molecule has 0 aromatic heterocycles. The van der Waals surface area contributed by atoms with Gasteiger partial charge in [0.25, 0.3) is 8.32 Å². The second kappa shape index (κ2) is 11.2. The highest BCUT2D eigenvalue weighted by molar-refractivity contribution is 6.99. The van der Waals surface area contributed by atoms with Crippen molar-refractivity contribution in [2.24, 2.45) is 5.41 Å². The van der Waals surface area contributed by atoms with Gasteiger partial charge in [-0.1, -0.05) is 87.4 Å². The van der Waals surface area contributed by atoms with E-state index in [0.717, 1.165) is 0 Å². The van der Waals surface area contributed by atoms with E-state index in [9.17, 15) is 9.90 Å². The summed E-state index contributed by atoms with van der Waals surface area (Å²) >= 11 is 0. The van der Waals surface area contributed by atoms with Crippen LogP contribution in [-0.2, 0) is 14.0 Å². The van der Waals surface area contributed by atoms with Gasteiger partial charge in [-0.2, -0.15) is 0 Å². The maximum absolute atomic E-state index is 12.2. The molecule has 1 N–H and O–H groups in total. The van der Waals surface area contributed by atoms with Gasteiger partial charge in [-0.05, 0) is 42.6 Å². The molecule has 0 amide bonds. The number of esters is 1. The molecular weight excluding hydrogens is 428 g/mol. The van der Waals surface area contributed by atoms with Gasteiger partial charge in [0, 0.05) is 13.0 Å². The maximum atomic E-state index is 12.2. The monoisotopic (exact) mass is 466 g/mol. The summed E-state index contributed by atoms with van der Waals surface area (Å²) in [4.78, 5) is 12.2. The topological polar surface area (TPSA) is 55.8 Å². The van der Waals surface area contributed by atoms with Gasteiger partial charge in [0.05, 0.1) is 11.5 Å². The quantitative estimate of drug-likeness (QED) is 0.340. The molecule has 0 saturated heterocycles. The number of terminal acetylenes is 1. The molecule has 0 aliphatic heterocycles. The van der Waals surface area contributed by atoms with E-state index in [-0.39, 0.29) is 17.4 Å². The zero-order chi connectivity index (χ0) is 24.7. The van der Waals surface area contributed by atoms with Crippen LogP contribution in [-0.4, -0.2) is 38.2 Å². The lowest BCUT2D eigenvalue weighted by Crippen LogP contribution is -2.66. The van der Waals surface area contributed by atoms with E-state index < -0.39 is 25.9 Å². The summed E-state index contributed by atoms with van der Waals surface area (Å²) in [5, 5.41) is 12.9. The van der Waals surface area contributed by atoms with Crippen molar-refractivity contribution in [2.45, 2.75) is 71.6 Å². The zero-order valence-corrected chi connectivity index (χ0v) is 21.8. The molecule has 2 rings (SSSR count). The molecular formula is C28H38O4Si. The number of carbonyl (C=O) groups is 1. The van der Waals surface area contributed by atoms with Crippen LogP contribution in [0.2, 0.25) is 5.04 Å². The number of hydrogen-bond donors (Lipinski definition) is 1. The number of carbonyl (C=O) groups excluding carboxylic acids is 1. The third kappa shape index (κ3) is 6.80. The van der Waals surface area contributed by atoms with Crippen LogP contribution >= 0.6 is 0 Å². The van der Waals surface area contributed by atoms with E-state index in [4.69, 9.17) is 15.6 Å². The molecule has 2 aromatic carbocycles. The molecule has 0 bridgehead atoms. The number of aliphatic hydroxyl groups is 1. The van der Waals surface area contributed by atoms with Crippen LogP contribution in [0.4, 0.5) is 0 Å². The highest BCUT2D eigenvalue weighted by atomic mass is 28.4. The molecule has 0 fully saturated rings. The molecule has 0 spiro atoms. The molecule has 0 heterocycles. The Morgan fingerprint density at radius 3 is 1.85 bits per heavy atom. The highest BCUT2D eigenvalue weighted by Crippen LogP contribution is 2.36. The van der Waals surface area contributed by atoms with Crippen LogP contribution in [0.15, 0.2) is 60.7 Å². The highest BCUT2D eigenvalue weighted by Gasteiger charge is 2.50. The van der Waals surface area contributed by atoms with E-state index in [1.807, 2.05) is 36.4 Å². The van der Waals surface area contributed by atoms with Gasteiger partial charge >= 0.3 is 5.97 Å². The summed E-state index contributed by atoms with van der Waals surface area (Å²) in [5.74, 6) is 2.11. The predicted octanol–water partition coefficient (Wildman–Crippen LogP) is 4.30. The van der Waals surface area contributed by atoms with Gasteiger partial charge < -0.3 is 14.3 Å². The fourth-order valence-corrected chi connectivity index (χ4v) is 8.51. The number of benzene rings is 2. The Morgan fingerprint density at radius 2 is 1.45 bits per heavy atom. The van der Waals surface area contributed by atoms with Crippen LogP contribution in [0.3, 0.4) is 0 Å². The van der Waals surface area contributed by atoms with Crippen molar-refractivity contribution in [2.75, 3.05) is 6.61 Å². The maximum Gasteiger partial charge on any atom is 0.312 e. The Hall–Kier alpha value is -2.39. The van der Waals surface area contributed by atoms with Gasteiger partial charge in [-0.25, -0.2) is 0 Å². The molecule has 178 valence electrons. The van der Waals surface area contributed by atoms with Gasteiger partial charge in [0.15, 0.2) is 6.10 Å². The lowest BCUT2D eigenvalue weighted by Gasteiger charge is -2.43. The average molecular weight is 467 g/mol. The molecule has 0 radical (unpaired) electrons. The lowest BCUT2D eigenvalue weighted by atomic mass is 9.97. The fraction of sp³-hybridized carbons (Fsp3) is 0.464. The smallest absolute Gasteiger partial charge is 0.312 e. The normalized spacial score (nSPS) is 14.2. The molecule has 0 aliphatic carbocycles. The number of ether oxygens (including phenoxy) is 1. The summed E-state index contributed by atoms with van der Waals surface area (Å²) < 4.78 is 12.2. The van der Waals surface area contributed by atoms with Gasteiger partial charge in [-0.15, -0.1) is 6.42 Å². The molecule has 33 heavy (non-hydrogen) atoms. The summed E-state index contributed by atoms with van der Waals surface area (Å²) in [7, 11) is -2.65. The fourth-order valence-electron chi connectivity index (χ4n) is 3.93. The minimum absolute atomic E-state index is 0.135. The zero-order valence-electron chi connectivity index (χ0n) is 20.8. The number of hydrogen-bond acceptors (Lipinski definition) is 4. The first-order valence-corrected chi connectivity index (χ1v) is 13.4. The Labute approximate surface area is 200 Å². The largest absolute Gasteiger partial charge is 0.449 e. The minimum atomic E-state index is -2.65. The Morgan fingerprint density at radius 1 is 0.970 bits per heavy atom. The number of aliphatic hydroxyl groups excluding tert-OH is 1. The third-order valence-corrected chi connectivity index (χ3v) is 10.8. The summed E-state index contributed by atoms with van der Waals surface area (Å²) in [6.45, 7) is 12.4. The molecule has 5 heteroatoms. The first-order valence-electron chi connectivity index (χ1n) is 11.5. The first-order chi connectivity index (χ1) is 15.4. The molecule has 0 aliphatic rings. The van der Waals surface area contributed by atoms with Crippen LogP contribution in [0.5, 0.6) is 0 Å². The second-order valence-corrected chi connectivity index (χ2v) is 14.8. The van der Waals surface area contributed by atoms with Gasteiger partial charge in [0.2, 0.25) is 0 Å². The molecule has 2 atom stereocenters. The van der Waals surface area contributed by atoms with Crippen molar-refractivity contribution < 1.29 is 19.1 Å². The summed E-state index contributed by atoms with van der Waals surface area (Å²) in [5.41, 5.74) is -0.646. The van der Waals surface area contributed by atoms with Crippen molar-refractivity contribution in [3.05, 3.63) is 60.7 Å². The van der Waals surface area contributed by atoms with Crippen LogP contribution in [0, 0.1) is 17.8 Å². The molecule has 0 unspecified atom stereocenters. The van der Waals surface area contributed by atoms with E-state index in [1.54, 1.807) is 20.8 Å². The first kappa shape index (κ1) is 26.9. The van der Waals surface area contributed by atoms with Crippen molar-refractivity contribution in [1.29, 1.82) is 0 Å². The Balaban J connectivity index is 2.19. The molecule has 0 saturated carbocycles. The van der Waals surface area contributed by atoms with Crippen molar-refractivity contribution in [3.63, 3.8) is 0 Å². The molecule has 2 aromatic rings. The number of rotatable bonds is 9. The Bertz CT molecular complexity index is 881. The van der Waals surface area contributed by atoms with Crippen LogP contribution in [0.1, 0.15) is 54.4 Å². The summed E-state index contributed by atoms with van der Waals surface area (Å²) in [6.07, 6.45) is 4.64. The van der Waals surface area contributed by atoms with Gasteiger partial charge in [-0.3, -0.25) is 4.79 Å². The van der Waals surface area contributed by atoms with E-state index in [2.05, 4.69) is 51.0 Å². The van der Waals surface area contributed by atoms with Crippen molar-refractivity contribution in [1.82, 2.24) is 0 Å². The third-order valence-electron chi connectivity index (χ3n) is 5.72. The SMILES string of the molecule is C#C[C@@H](C[C@H](O)CCO[Si](c1ccccc1)(c1ccccc1)C(C)(C)C)OC(=O)C(C)(C)C. The van der Waals surface area contributed by atoms with Crippen molar-refractivity contribution in [3.8, 4) is 12.3 Å². The van der Waals surface area contributed by atoms with Crippen LogP contribution in [0.25, 0.3) is 0 Å². The van der Waals surface area contributed by atoms with E-state index in [0.29, 0.717) is 13.0 Å². The average Bonchev–Trinajstić information content (AvgIpc) is 2.76. The standard InChI is InChI=1S/C28H38O4Si/c1-8-23(32-26(30)27(2,3)4)21-22(29)19-20-31-33(28(5,6)7,24-15-11-9-12-16-24)25-17-13-10-14-18-25/h1,9-18,22-23,29H,19-21H2,2-7H3/t22-,23+/m1/s1. The predicted molar refractivity (Wildman–Crippen MR) is 137 cm³/mol. The van der Waals surface area contributed by atoms with Crippen LogP contribution < -0.4 is 10.4 Å². The lowest BCUT2D eigenvalue weighted by molar-refractivity contribution is -0.157. The summed E-state index contributed by atoms with van der Waals surface area (Å²) in [6, 6.07) is 20.8.